The first-order valence-electron chi connectivity index (χ1n) is 10.7. The minimum Gasteiger partial charge on any atom is -0.467 e. The maximum atomic E-state index is 13.1. The number of hydrogen-bond acceptors (Lipinski definition) is 5. The molecule has 1 amide bonds. The van der Waals surface area contributed by atoms with Crippen molar-refractivity contribution in [3.63, 3.8) is 0 Å². The van der Waals surface area contributed by atoms with Crippen molar-refractivity contribution >= 4 is 22.8 Å². The molecule has 0 radical (unpaired) electrons. The zero-order valence-electron chi connectivity index (χ0n) is 17.3. The van der Waals surface area contributed by atoms with Crippen LogP contribution in [0.3, 0.4) is 0 Å². The van der Waals surface area contributed by atoms with E-state index in [9.17, 15) is 9.59 Å². The molecule has 2 saturated heterocycles. The van der Waals surface area contributed by atoms with E-state index < -0.39 is 11.8 Å². The molecule has 1 aliphatic carbocycles. The number of benzene rings is 1. The van der Waals surface area contributed by atoms with Crippen molar-refractivity contribution in [1.82, 2.24) is 9.88 Å². The molecule has 3 fully saturated rings. The average Bonchev–Trinajstić information content (AvgIpc) is 3.47. The lowest BCUT2D eigenvalue weighted by molar-refractivity contribution is -0.191. The number of methoxy groups -OCH3 is 1. The van der Waals surface area contributed by atoms with Crippen LogP contribution in [0.5, 0.6) is 0 Å². The van der Waals surface area contributed by atoms with Crippen LogP contribution in [0.25, 0.3) is 10.9 Å². The van der Waals surface area contributed by atoms with Gasteiger partial charge in [-0.3, -0.25) is 4.79 Å². The molecule has 1 atom stereocenters. The molecule has 160 valence electrons. The predicted molar refractivity (Wildman–Crippen MR) is 110 cm³/mol. The van der Waals surface area contributed by atoms with Gasteiger partial charge in [0, 0.05) is 49.3 Å². The highest BCUT2D eigenvalue weighted by molar-refractivity contribution is 5.88. The Bertz CT molecular complexity index is 951. The number of aromatic nitrogens is 1. The monoisotopic (exact) mass is 412 g/mol. The molecule has 7 heteroatoms. The number of para-hydroxylation sites is 1. The Labute approximate surface area is 175 Å². The van der Waals surface area contributed by atoms with Crippen LogP contribution in [-0.4, -0.2) is 60.5 Å². The Hall–Kier alpha value is -2.38. The number of nitrogens with zero attached hydrogens (tertiary/aromatic N) is 1. The molecule has 30 heavy (non-hydrogen) atoms. The molecule has 2 aliphatic heterocycles. The van der Waals surface area contributed by atoms with Gasteiger partial charge in [-0.1, -0.05) is 18.2 Å². The van der Waals surface area contributed by atoms with Gasteiger partial charge in [0.15, 0.2) is 5.79 Å². The van der Waals surface area contributed by atoms with Crippen LogP contribution < -0.4 is 0 Å². The van der Waals surface area contributed by atoms with Gasteiger partial charge in [-0.05, 0) is 29.9 Å². The number of hydrogen-bond donors (Lipinski definition) is 1. The molecule has 1 N–H and O–H groups in total. The highest BCUT2D eigenvalue weighted by Gasteiger charge is 2.52. The van der Waals surface area contributed by atoms with E-state index in [2.05, 4.69) is 4.98 Å². The summed E-state index contributed by atoms with van der Waals surface area (Å²) in [5, 5.41) is 1.07. The summed E-state index contributed by atoms with van der Waals surface area (Å²) in [6.45, 7) is 1.88. The summed E-state index contributed by atoms with van der Waals surface area (Å²) < 4.78 is 16.8. The van der Waals surface area contributed by atoms with Crippen LogP contribution in [0.15, 0.2) is 30.5 Å². The fourth-order valence-electron chi connectivity index (χ4n) is 5.46. The first-order chi connectivity index (χ1) is 14.5. The minimum absolute atomic E-state index is 0.0365. The van der Waals surface area contributed by atoms with Gasteiger partial charge in [-0.2, -0.15) is 0 Å². The second-order valence-corrected chi connectivity index (χ2v) is 8.91. The average molecular weight is 412 g/mol. The number of carbonyl (C=O) groups excluding carboxylic acids is 2. The van der Waals surface area contributed by atoms with Gasteiger partial charge >= 0.3 is 5.97 Å². The van der Waals surface area contributed by atoms with Crippen LogP contribution >= 0.6 is 0 Å². The Balaban J connectivity index is 1.36. The van der Waals surface area contributed by atoms with Gasteiger partial charge in [0.2, 0.25) is 5.91 Å². The number of carbonyl (C=O) groups is 2. The number of rotatable bonds is 4. The van der Waals surface area contributed by atoms with Gasteiger partial charge in [-0.15, -0.1) is 0 Å². The molecule has 2 aromatic rings. The minimum atomic E-state index is -0.615. The standard InChI is InChI=1S/C23H28N2O5/c1-28-21(27)19(12-16-14-24-18-5-3-2-4-17(16)18)25-15-22(13-20(25)26)6-8-23(9-7-22)29-10-11-30-23/h2-5,14,19,24H,6-13,15H2,1H3/t19-/m0/s1. The molecular weight excluding hydrogens is 384 g/mol. The summed E-state index contributed by atoms with van der Waals surface area (Å²) in [5.41, 5.74) is 1.93. The molecule has 5 rings (SSSR count). The number of esters is 1. The van der Waals surface area contributed by atoms with Gasteiger partial charge < -0.3 is 24.1 Å². The lowest BCUT2D eigenvalue weighted by Gasteiger charge is -2.41. The normalized spacial score (nSPS) is 23.5. The van der Waals surface area contributed by atoms with E-state index in [1.165, 1.54) is 7.11 Å². The third-order valence-corrected chi connectivity index (χ3v) is 7.18. The second kappa shape index (κ2) is 7.39. The molecule has 1 aromatic heterocycles. The number of likely N-dealkylation sites (tertiary alicyclic amines) is 1. The topological polar surface area (TPSA) is 80.9 Å². The number of H-pyrrole nitrogens is 1. The SMILES string of the molecule is COC(=O)[C@H](Cc1c[nH]c2ccccc12)N1CC2(CCC3(CC2)OCCO3)CC1=O. The van der Waals surface area contributed by atoms with Crippen molar-refractivity contribution in [3.05, 3.63) is 36.0 Å². The van der Waals surface area contributed by atoms with E-state index in [1.54, 1.807) is 4.90 Å². The Morgan fingerprint density at radius 3 is 2.67 bits per heavy atom. The van der Waals surface area contributed by atoms with Crippen molar-refractivity contribution in [3.8, 4) is 0 Å². The van der Waals surface area contributed by atoms with Crippen molar-refractivity contribution in [2.24, 2.45) is 5.41 Å². The van der Waals surface area contributed by atoms with Crippen LogP contribution in [0.1, 0.15) is 37.7 Å². The molecular formula is C23H28N2O5. The Morgan fingerprint density at radius 1 is 1.20 bits per heavy atom. The first kappa shape index (κ1) is 19.6. The van der Waals surface area contributed by atoms with Crippen molar-refractivity contribution < 1.29 is 23.8 Å². The summed E-state index contributed by atoms with van der Waals surface area (Å²) >= 11 is 0. The van der Waals surface area contributed by atoms with Crippen LogP contribution in [0.2, 0.25) is 0 Å². The zero-order chi connectivity index (χ0) is 20.8. The summed E-state index contributed by atoms with van der Waals surface area (Å²) in [5.74, 6) is -0.775. The molecule has 3 heterocycles. The number of ether oxygens (including phenoxy) is 3. The fraction of sp³-hybridized carbons (Fsp3) is 0.565. The van der Waals surface area contributed by atoms with Gasteiger partial charge in [-0.25, -0.2) is 4.79 Å². The molecule has 1 saturated carbocycles. The van der Waals surface area contributed by atoms with Crippen molar-refractivity contribution in [1.29, 1.82) is 0 Å². The lowest BCUT2D eigenvalue weighted by atomic mass is 9.71. The lowest BCUT2D eigenvalue weighted by Crippen LogP contribution is -2.46. The maximum absolute atomic E-state index is 13.1. The van der Waals surface area contributed by atoms with E-state index in [0.717, 1.165) is 42.1 Å². The van der Waals surface area contributed by atoms with Gasteiger partial charge in [0.25, 0.3) is 0 Å². The van der Waals surface area contributed by atoms with E-state index in [4.69, 9.17) is 14.2 Å². The molecule has 7 nitrogen and oxygen atoms in total. The smallest absolute Gasteiger partial charge is 0.328 e. The van der Waals surface area contributed by atoms with Crippen molar-refractivity contribution in [2.45, 2.75) is 50.4 Å². The highest BCUT2D eigenvalue weighted by Crippen LogP contribution is 2.50. The second-order valence-electron chi connectivity index (χ2n) is 8.91. The molecule has 2 spiro atoms. The maximum Gasteiger partial charge on any atom is 0.328 e. The zero-order valence-corrected chi connectivity index (χ0v) is 17.3. The predicted octanol–water partition coefficient (Wildman–Crippen LogP) is 2.79. The molecule has 3 aliphatic rings. The van der Waals surface area contributed by atoms with E-state index in [-0.39, 0.29) is 17.3 Å². The fourth-order valence-corrected chi connectivity index (χ4v) is 5.46. The third-order valence-electron chi connectivity index (χ3n) is 7.18. The van der Waals surface area contributed by atoms with Crippen LogP contribution in [0, 0.1) is 5.41 Å². The number of fused-ring (bicyclic) bond motifs is 1. The summed E-state index contributed by atoms with van der Waals surface area (Å²) in [4.78, 5) is 30.8. The highest BCUT2D eigenvalue weighted by atomic mass is 16.7. The summed E-state index contributed by atoms with van der Waals surface area (Å²) in [7, 11) is 1.39. The number of amides is 1. The first-order valence-corrected chi connectivity index (χ1v) is 10.7. The molecule has 0 bridgehead atoms. The molecule has 0 unspecified atom stereocenters. The van der Waals surface area contributed by atoms with Gasteiger partial charge in [0.1, 0.15) is 6.04 Å². The number of aromatic amines is 1. The van der Waals surface area contributed by atoms with Crippen LogP contribution in [0.4, 0.5) is 0 Å². The van der Waals surface area contributed by atoms with Crippen molar-refractivity contribution in [2.75, 3.05) is 26.9 Å². The quantitative estimate of drug-likeness (QED) is 0.781. The summed E-state index contributed by atoms with van der Waals surface area (Å²) in [6, 6.07) is 7.38. The van der Waals surface area contributed by atoms with E-state index in [1.807, 2.05) is 30.5 Å². The van der Waals surface area contributed by atoms with E-state index >= 15 is 0 Å². The molecule has 1 aromatic carbocycles. The van der Waals surface area contributed by atoms with Crippen LogP contribution in [-0.2, 0) is 30.2 Å². The Morgan fingerprint density at radius 2 is 1.93 bits per heavy atom. The van der Waals surface area contributed by atoms with Gasteiger partial charge in [0.05, 0.1) is 20.3 Å². The number of nitrogens with one attached hydrogen (secondary N) is 1. The third kappa shape index (κ3) is 3.30. The largest absolute Gasteiger partial charge is 0.467 e. The van der Waals surface area contributed by atoms with E-state index in [0.29, 0.717) is 32.6 Å². The summed E-state index contributed by atoms with van der Waals surface area (Å²) in [6.07, 6.45) is 6.19. The Kier molecular flexibility index (Phi) is 4.82.